The zero-order valence-corrected chi connectivity index (χ0v) is 19.2. The van der Waals surface area contributed by atoms with Crippen molar-refractivity contribution in [1.29, 1.82) is 0 Å². The van der Waals surface area contributed by atoms with Crippen molar-refractivity contribution in [1.82, 2.24) is 4.90 Å². The number of hydrogen-bond donors (Lipinski definition) is 1. The van der Waals surface area contributed by atoms with Crippen LogP contribution in [0.1, 0.15) is 83.1 Å². The van der Waals surface area contributed by atoms with Crippen LogP contribution in [-0.2, 0) is 11.0 Å². The molecule has 182 valence electrons. The van der Waals surface area contributed by atoms with Crippen molar-refractivity contribution in [2.45, 2.75) is 83.7 Å². The molecule has 0 atom stereocenters. The first kappa shape index (κ1) is 27.7. The Balaban J connectivity index is 2.14. The largest absolute Gasteiger partial charge is 0.423 e. The predicted octanol–water partition coefficient (Wildman–Crippen LogP) is 6.79. The lowest BCUT2D eigenvalue weighted by molar-refractivity contribution is -0.388. The van der Waals surface area contributed by atoms with Crippen molar-refractivity contribution < 1.29 is 22.9 Å². The third kappa shape index (κ3) is 10.8. The first-order valence-corrected chi connectivity index (χ1v) is 11.5. The number of hydrogen-bond acceptors (Lipinski definition) is 4. The monoisotopic (exact) mass is 459 g/mol. The van der Waals surface area contributed by atoms with Crippen LogP contribution >= 0.6 is 0 Å². The van der Waals surface area contributed by atoms with Crippen LogP contribution in [0.4, 0.5) is 24.5 Å². The van der Waals surface area contributed by atoms with E-state index in [1.165, 1.54) is 6.07 Å². The second-order valence-corrected chi connectivity index (χ2v) is 8.16. The Morgan fingerprint density at radius 3 is 2.25 bits per heavy atom. The highest BCUT2D eigenvalue weighted by molar-refractivity contribution is 5.75. The van der Waals surface area contributed by atoms with E-state index in [1.807, 2.05) is 11.9 Å². The summed E-state index contributed by atoms with van der Waals surface area (Å²) in [6.45, 7) is 3.48. The van der Waals surface area contributed by atoms with Gasteiger partial charge in [0, 0.05) is 38.3 Å². The fourth-order valence-corrected chi connectivity index (χ4v) is 3.46. The van der Waals surface area contributed by atoms with Gasteiger partial charge in [-0.25, -0.2) is 0 Å². The molecule has 1 rings (SSSR count). The third-order valence-corrected chi connectivity index (χ3v) is 5.42. The van der Waals surface area contributed by atoms with Gasteiger partial charge in [0.1, 0.15) is 5.56 Å². The van der Waals surface area contributed by atoms with Crippen LogP contribution in [0.15, 0.2) is 18.2 Å². The van der Waals surface area contributed by atoms with E-state index in [-0.39, 0.29) is 11.6 Å². The molecule has 1 aromatic carbocycles. The summed E-state index contributed by atoms with van der Waals surface area (Å²) in [5, 5.41) is 13.7. The van der Waals surface area contributed by atoms with Gasteiger partial charge in [-0.1, -0.05) is 51.9 Å². The highest BCUT2D eigenvalue weighted by Gasteiger charge is 2.38. The van der Waals surface area contributed by atoms with Crippen molar-refractivity contribution in [3.05, 3.63) is 33.9 Å². The molecule has 0 heterocycles. The number of unbranched alkanes of at least 4 members (excludes halogenated alkanes) is 8. The molecule has 0 saturated carbocycles. The summed E-state index contributed by atoms with van der Waals surface area (Å²) in [5.74, 6) is 0.215. The number of nitro groups is 1. The van der Waals surface area contributed by atoms with Gasteiger partial charge in [-0.3, -0.25) is 14.9 Å². The maximum absolute atomic E-state index is 13.0. The van der Waals surface area contributed by atoms with Crippen LogP contribution < -0.4 is 5.32 Å². The van der Waals surface area contributed by atoms with Gasteiger partial charge in [0.2, 0.25) is 5.91 Å². The van der Waals surface area contributed by atoms with E-state index >= 15 is 0 Å². The molecule has 9 heteroatoms. The number of rotatable bonds is 16. The number of alkyl halides is 3. The van der Waals surface area contributed by atoms with Crippen LogP contribution in [0.5, 0.6) is 0 Å². The van der Waals surface area contributed by atoms with E-state index in [4.69, 9.17) is 0 Å². The van der Waals surface area contributed by atoms with Crippen molar-refractivity contribution >= 4 is 17.3 Å². The first-order valence-electron chi connectivity index (χ1n) is 11.5. The van der Waals surface area contributed by atoms with Crippen LogP contribution in [0.2, 0.25) is 0 Å². The maximum Gasteiger partial charge on any atom is 0.423 e. The number of nitro benzene ring substituents is 1. The minimum atomic E-state index is -4.77. The molecule has 32 heavy (non-hydrogen) atoms. The fraction of sp³-hybridized carbons (Fsp3) is 0.696. The Bertz CT molecular complexity index is 711. The lowest BCUT2D eigenvalue weighted by atomic mass is 10.1. The number of nitrogens with one attached hydrogen (secondary N) is 1. The van der Waals surface area contributed by atoms with Gasteiger partial charge in [0.15, 0.2) is 0 Å². The van der Waals surface area contributed by atoms with Gasteiger partial charge >= 0.3 is 6.18 Å². The SMILES string of the molecule is CCCCCN(C)C(=O)CCCCCCCCCNc1ccc([N+](=O)[O-])c(C(F)(F)F)c1. The average Bonchev–Trinajstić information content (AvgIpc) is 2.74. The highest BCUT2D eigenvalue weighted by Crippen LogP contribution is 2.37. The summed E-state index contributed by atoms with van der Waals surface area (Å²) >= 11 is 0. The number of halogens is 3. The molecular formula is C23H36F3N3O3. The Kier molecular flexibility index (Phi) is 12.7. The Morgan fingerprint density at radius 1 is 1.03 bits per heavy atom. The summed E-state index contributed by atoms with van der Waals surface area (Å²) in [6, 6.07) is 2.98. The van der Waals surface area contributed by atoms with Crippen LogP contribution in [0.3, 0.4) is 0 Å². The van der Waals surface area contributed by atoms with Gasteiger partial charge in [0.25, 0.3) is 5.69 Å². The molecule has 0 radical (unpaired) electrons. The summed E-state index contributed by atoms with van der Waals surface area (Å²) in [5.41, 5.74) is -1.95. The number of carbonyl (C=O) groups is 1. The van der Waals surface area contributed by atoms with Gasteiger partial charge in [-0.2, -0.15) is 13.2 Å². The van der Waals surface area contributed by atoms with E-state index in [0.717, 1.165) is 82.9 Å². The van der Waals surface area contributed by atoms with Crippen molar-refractivity contribution in [2.24, 2.45) is 0 Å². The zero-order chi connectivity index (χ0) is 24.0. The number of amides is 1. The molecule has 0 aromatic heterocycles. The van der Waals surface area contributed by atoms with Crippen LogP contribution in [0.25, 0.3) is 0 Å². The number of carbonyl (C=O) groups excluding carboxylic acids is 1. The predicted molar refractivity (Wildman–Crippen MR) is 121 cm³/mol. The zero-order valence-electron chi connectivity index (χ0n) is 19.2. The maximum atomic E-state index is 13.0. The molecule has 6 nitrogen and oxygen atoms in total. The van der Waals surface area contributed by atoms with Gasteiger partial charge in [-0.15, -0.1) is 0 Å². The van der Waals surface area contributed by atoms with E-state index in [9.17, 15) is 28.1 Å². The van der Waals surface area contributed by atoms with E-state index in [0.29, 0.717) is 13.0 Å². The normalized spacial score (nSPS) is 11.4. The van der Waals surface area contributed by atoms with Crippen LogP contribution in [0, 0.1) is 10.1 Å². The first-order chi connectivity index (χ1) is 15.2. The molecule has 0 aliphatic heterocycles. The molecule has 0 bridgehead atoms. The van der Waals surface area contributed by atoms with Crippen molar-refractivity contribution in [2.75, 3.05) is 25.5 Å². The minimum absolute atomic E-state index is 0.215. The van der Waals surface area contributed by atoms with E-state index in [1.54, 1.807) is 0 Å². The fourth-order valence-electron chi connectivity index (χ4n) is 3.46. The van der Waals surface area contributed by atoms with Crippen molar-refractivity contribution in [3.63, 3.8) is 0 Å². The van der Waals surface area contributed by atoms with E-state index in [2.05, 4.69) is 12.2 Å². The third-order valence-electron chi connectivity index (χ3n) is 5.42. The molecule has 1 N–H and O–H groups in total. The Hall–Kier alpha value is -2.32. The molecule has 1 amide bonds. The number of nitrogens with zero attached hydrogens (tertiary/aromatic N) is 2. The summed E-state index contributed by atoms with van der Waals surface area (Å²) in [7, 11) is 1.87. The number of benzene rings is 1. The Morgan fingerprint density at radius 2 is 1.66 bits per heavy atom. The minimum Gasteiger partial charge on any atom is -0.385 e. The Labute approximate surface area is 188 Å². The molecule has 1 aromatic rings. The molecular weight excluding hydrogens is 423 g/mol. The smallest absolute Gasteiger partial charge is 0.385 e. The van der Waals surface area contributed by atoms with E-state index < -0.39 is 22.4 Å². The standard InChI is InChI=1S/C23H36F3N3O3/c1-3-4-12-17-28(2)22(30)13-10-8-6-5-7-9-11-16-27-19-14-15-21(29(31)32)20(18-19)23(24,25)26/h14-15,18,27H,3-13,16-17H2,1-2H3. The topological polar surface area (TPSA) is 75.5 Å². The quantitative estimate of drug-likeness (QED) is 0.168. The lowest BCUT2D eigenvalue weighted by Crippen LogP contribution is -2.27. The molecule has 0 spiro atoms. The number of anilines is 1. The van der Waals surface area contributed by atoms with Gasteiger partial charge < -0.3 is 10.2 Å². The van der Waals surface area contributed by atoms with Crippen molar-refractivity contribution in [3.8, 4) is 0 Å². The molecule has 0 fully saturated rings. The molecule has 0 saturated heterocycles. The molecule has 0 unspecified atom stereocenters. The lowest BCUT2D eigenvalue weighted by Gasteiger charge is -2.16. The summed E-state index contributed by atoms with van der Waals surface area (Å²) in [4.78, 5) is 23.6. The summed E-state index contributed by atoms with van der Waals surface area (Å²) in [6.07, 6.45) is 6.02. The summed E-state index contributed by atoms with van der Waals surface area (Å²) < 4.78 is 39.0. The van der Waals surface area contributed by atoms with Gasteiger partial charge in [-0.05, 0) is 31.4 Å². The molecule has 0 aliphatic carbocycles. The van der Waals surface area contributed by atoms with Gasteiger partial charge in [0.05, 0.1) is 4.92 Å². The van der Waals surface area contributed by atoms with Crippen LogP contribution in [-0.4, -0.2) is 35.9 Å². The molecule has 0 aliphatic rings. The second-order valence-electron chi connectivity index (χ2n) is 8.16. The second kappa shape index (κ2) is 14.7. The highest BCUT2D eigenvalue weighted by atomic mass is 19.4. The average molecular weight is 460 g/mol.